The van der Waals surface area contributed by atoms with Gasteiger partial charge in [-0.2, -0.15) is 0 Å². The number of fused-ring (bicyclic) bond motifs is 3. The summed E-state index contributed by atoms with van der Waals surface area (Å²) in [6, 6.07) is 7.42. The number of nitrogens with zero attached hydrogens (tertiary/aromatic N) is 2. The van der Waals surface area contributed by atoms with Crippen LogP contribution in [0.25, 0.3) is 5.57 Å². The predicted octanol–water partition coefficient (Wildman–Crippen LogP) is 2.48. The number of carboxylic acid groups (broad SMARTS) is 1. The van der Waals surface area contributed by atoms with Crippen molar-refractivity contribution in [3.05, 3.63) is 69.2 Å². The van der Waals surface area contributed by atoms with E-state index in [0.717, 1.165) is 45.1 Å². The third-order valence-electron chi connectivity index (χ3n) is 5.22. The van der Waals surface area contributed by atoms with Gasteiger partial charge in [-0.1, -0.05) is 25.1 Å². The Morgan fingerprint density at radius 3 is 2.79 bits per heavy atom. The van der Waals surface area contributed by atoms with Gasteiger partial charge in [-0.05, 0) is 48.6 Å². The quantitative estimate of drug-likeness (QED) is 0.911. The molecule has 4 rings (SSSR count). The van der Waals surface area contributed by atoms with Crippen molar-refractivity contribution >= 4 is 11.5 Å². The highest BCUT2D eigenvalue weighted by Crippen LogP contribution is 2.42. The first-order valence-electron chi connectivity index (χ1n) is 8.34. The summed E-state index contributed by atoms with van der Waals surface area (Å²) in [7, 11) is 0. The summed E-state index contributed by atoms with van der Waals surface area (Å²) in [6.45, 7) is 6.28. The van der Waals surface area contributed by atoms with Crippen LogP contribution in [0.5, 0.6) is 0 Å². The topological polar surface area (TPSA) is 52.9 Å². The second kappa shape index (κ2) is 5.20. The molecule has 0 saturated heterocycles. The first-order valence-corrected chi connectivity index (χ1v) is 8.34. The van der Waals surface area contributed by atoms with Crippen LogP contribution in [0.3, 0.4) is 0 Å². The van der Waals surface area contributed by atoms with E-state index in [-0.39, 0.29) is 0 Å². The highest BCUT2D eigenvalue weighted by atomic mass is 16.4. The van der Waals surface area contributed by atoms with Gasteiger partial charge in [-0.3, -0.25) is 0 Å². The van der Waals surface area contributed by atoms with Crippen LogP contribution in [0.15, 0.2) is 63.6 Å². The number of para-hydroxylation sites is 1. The van der Waals surface area contributed by atoms with Gasteiger partial charge in [0.15, 0.2) is 0 Å². The van der Waals surface area contributed by atoms with E-state index in [4.69, 9.17) is 4.99 Å². The number of allylic oxidation sites excluding steroid dienone is 4. The minimum Gasteiger partial charge on any atom is -0.480 e. The maximum atomic E-state index is 11.9. The molecule has 0 radical (unpaired) electrons. The molecule has 0 aromatic heterocycles. The third-order valence-corrected chi connectivity index (χ3v) is 5.22. The van der Waals surface area contributed by atoms with Crippen molar-refractivity contribution in [1.29, 1.82) is 0 Å². The Labute approximate surface area is 140 Å². The smallest absolute Gasteiger partial charge is 0.327 e. The molecule has 1 N–H and O–H groups in total. The van der Waals surface area contributed by atoms with Crippen LogP contribution in [0, 0.1) is 0 Å². The monoisotopic (exact) mass is 320 g/mol. The van der Waals surface area contributed by atoms with E-state index >= 15 is 0 Å². The molecule has 3 aliphatic rings. The minimum atomic E-state index is -0.791. The fourth-order valence-electron chi connectivity index (χ4n) is 4.12. The Bertz CT molecular complexity index is 979. The number of carboxylic acids is 1. The third kappa shape index (κ3) is 1.92. The molecule has 0 saturated carbocycles. The van der Waals surface area contributed by atoms with Crippen LogP contribution < -0.4 is 10.6 Å². The summed E-state index contributed by atoms with van der Waals surface area (Å²) in [6.07, 6.45) is 3.40. The molecule has 0 fully saturated rings. The average molecular weight is 320 g/mol. The number of rotatable bonds is 2. The van der Waals surface area contributed by atoms with Crippen molar-refractivity contribution in [1.82, 2.24) is 4.90 Å². The molecule has 1 atom stereocenters. The molecule has 0 bridgehead atoms. The van der Waals surface area contributed by atoms with Crippen LogP contribution in [0.2, 0.25) is 0 Å². The molecule has 3 aliphatic heterocycles. The van der Waals surface area contributed by atoms with Crippen molar-refractivity contribution in [2.24, 2.45) is 4.99 Å². The highest BCUT2D eigenvalue weighted by Gasteiger charge is 2.39. The molecule has 0 amide bonds. The average Bonchev–Trinajstić information content (AvgIpc) is 2.92. The maximum absolute atomic E-state index is 11.9. The molecule has 1 aromatic rings. The van der Waals surface area contributed by atoms with E-state index in [2.05, 4.69) is 20.8 Å². The van der Waals surface area contributed by atoms with E-state index in [1.54, 1.807) is 0 Å². The van der Waals surface area contributed by atoms with Crippen molar-refractivity contribution in [3.8, 4) is 0 Å². The van der Waals surface area contributed by atoms with E-state index in [1.807, 2.05) is 35.4 Å². The van der Waals surface area contributed by atoms with Crippen LogP contribution >= 0.6 is 0 Å². The SMILES string of the molecule is CCC1=C(C)C2=C3N=c4ccccc4=C3C[C@@H](C(=O)O)N2C=C1C. The Morgan fingerprint density at radius 1 is 1.33 bits per heavy atom. The molecule has 4 heteroatoms. The molecule has 4 nitrogen and oxygen atoms in total. The van der Waals surface area contributed by atoms with E-state index < -0.39 is 12.0 Å². The van der Waals surface area contributed by atoms with Gasteiger partial charge in [0.2, 0.25) is 0 Å². The number of benzene rings is 1. The molecular weight excluding hydrogens is 300 g/mol. The van der Waals surface area contributed by atoms with Gasteiger partial charge >= 0.3 is 5.97 Å². The second-order valence-electron chi connectivity index (χ2n) is 6.54. The summed E-state index contributed by atoms with van der Waals surface area (Å²) >= 11 is 0. The molecule has 122 valence electrons. The molecule has 24 heavy (non-hydrogen) atoms. The summed E-state index contributed by atoms with van der Waals surface area (Å²) in [5, 5.41) is 11.8. The summed E-state index contributed by atoms with van der Waals surface area (Å²) in [5.41, 5.74) is 6.54. The van der Waals surface area contributed by atoms with E-state index in [0.29, 0.717) is 6.42 Å². The number of hydrogen-bond acceptors (Lipinski definition) is 3. The molecule has 0 aliphatic carbocycles. The van der Waals surface area contributed by atoms with Crippen LogP contribution in [-0.2, 0) is 4.79 Å². The van der Waals surface area contributed by atoms with Gasteiger partial charge in [0.25, 0.3) is 0 Å². The van der Waals surface area contributed by atoms with Crippen LogP contribution in [0.4, 0.5) is 0 Å². The van der Waals surface area contributed by atoms with Crippen molar-refractivity contribution in [3.63, 3.8) is 0 Å². The summed E-state index contributed by atoms with van der Waals surface area (Å²) < 4.78 is 0. The van der Waals surface area contributed by atoms with Gasteiger partial charge in [0.05, 0.1) is 16.8 Å². The minimum absolute atomic E-state index is 0.479. The second-order valence-corrected chi connectivity index (χ2v) is 6.54. The largest absolute Gasteiger partial charge is 0.480 e. The number of aliphatic carboxylic acids is 1. The Morgan fingerprint density at radius 2 is 2.08 bits per heavy atom. The molecule has 1 aromatic carbocycles. The van der Waals surface area contributed by atoms with Crippen molar-refractivity contribution < 1.29 is 9.90 Å². The van der Waals surface area contributed by atoms with Gasteiger partial charge in [-0.15, -0.1) is 0 Å². The maximum Gasteiger partial charge on any atom is 0.327 e. The highest BCUT2D eigenvalue weighted by molar-refractivity contribution is 5.83. The number of carbonyl (C=O) groups is 1. The molecular formula is C20H20N2O2. The molecule has 3 heterocycles. The lowest BCUT2D eigenvalue weighted by Crippen LogP contribution is -2.43. The van der Waals surface area contributed by atoms with E-state index in [1.165, 1.54) is 5.57 Å². The fraction of sp³-hybridized carbons (Fsp3) is 0.300. The summed E-state index contributed by atoms with van der Waals surface area (Å²) in [5.74, 6) is -0.791. The Hall–Kier alpha value is -2.62. The van der Waals surface area contributed by atoms with Gasteiger partial charge in [0, 0.05) is 17.8 Å². The normalized spacial score (nSPS) is 22.0. The lowest BCUT2D eigenvalue weighted by Gasteiger charge is -2.39. The zero-order valence-electron chi connectivity index (χ0n) is 14.1. The fourth-order valence-corrected chi connectivity index (χ4v) is 4.12. The van der Waals surface area contributed by atoms with Gasteiger partial charge in [-0.25, -0.2) is 9.79 Å². The van der Waals surface area contributed by atoms with Gasteiger partial charge < -0.3 is 10.0 Å². The molecule has 0 spiro atoms. The Balaban J connectivity index is 2.07. The summed E-state index contributed by atoms with van der Waals surface area (Å²) in [4.78, 5) is 18.7. The molecule has 0 unspecified atom stereocenters. The standard InChI is InChI=1S/C20H20N2O2/c1-4-13-11(2)10-22-17(20(23)24)9-15-14-7-5-6-8-16(14)21-18(15)19(22)12(13)3/h5-8,10,17H,4,9H2,1-3H3,(H,23,24)/t17-/m0/s1. The lowest BCUT2D eigenvalue weighted by molar-refractivity contribution is -0.141. The first-order chi connectivity index (χ1) is 11.5. The van der Waals surface area contributed by atoms with Crippen molar-refractivity contribution in [2.45, 2.75) is 39.7 Å². The zero-order chi connectivity index (χ0) is 17.0. The number of hydrogen-bond donors (Lipinski definition) is 1. The van der Waals surface area contributed by atoms with E-state index in [9.17, 15) is 9.90 Å². The lowest BCUT2D eigenvalue weighted by atomic mass is 9.86. The van der Waals surface area contributed by atoms with Crippen molar-refractivity contribution in [2.75, 3.05) is 0 Å². The Kier molecular flexibility index (Phi) is 3.23. The van der Waals surface area contributed by atoms with Crippen LogP contribution in [-0.4, -0.2) is 22.0 Å². The first kappa shape index (κ1) is 14.9. The van der Waals surface area contributed by atoms with Gasteiger partial charge in [0.1, 0.15) is 6.04 Å². The predicted molar refractivity (Wildman–Crippen MR) is 92.3 cm³/mol. The van der Waals surface area contributed by atoms with Crippen LogP contribution in [0.1, 0.15) is 33.6 Å². The zero-order valence-corrected chi connectivity index (χ0v) is 14.1.